The van der Waals surface area contributed by atoms with Gasteiger partial charge in [0.05, 0.1) is 12.1 Å². The van der Waals surface area contributed by atoms with Gasteiger partial charge in [0.15, 0.2) is 5.96 Å². The molecule has 0 saturated carbocycles. The summed E-state index contributed by atoms with van der Waals surface area (Å²) >= 11 is 0. The molecule has 1 N–H and O–H groups in total. The highest BCUT2D eigenvalue weighted by Gasteiger charge is 2.26. The summed E-state index contributed by atoms with van der Waals surface area (Å²) in [6, 6.07) is 16.0. The number of pyridine rings is 2. The maximum absolute atomic E-state index is 5.98. The lowest BCUT2D eigenvalue weighted by Crippen LogP contribution is -2.40. The van der Waals surface area contributed by atoms with E-state index in [0.717, 1.165) is 41.9 Å². The molecule has 3 heterocycles. The minimum Gasteiger partial charge on any atom is -0.472 e. The highest BCUT2D eigenvalue weighted by atomic mass is 127. The molecule has 28 heavy (non-hydrogen) atoms. The van der Waals surface area contributed by atoms with Gasteiger partial charge in [0.25, 0.3) is 0 Å². The highest BCUT2D eigenvalue weighted by molar-refractivity contribution is 14.0. The number of guanidine groups is 1. The standard InChI is InChI=1S/C21H23N5O.HI/c1-22-21(25-14-17-7-4-6-16-8-5-12-24-20(16)17)26-13-10-18(15-26)27-19-9-2-3-11-23-19;/h2-9,11-12,18H,10,13-15H2,1H3,(H,22,25);1H. The van der Waals surface area contributed by atoms with Gasteiger partial charge in [-0.3, -0.25) is 9.98 Å². The number of nitrogens with zero attached hydrogens (tertiary/aromatic N) is 4. The van der Waals surface area contributed by atoms with Crippen LogP contribution in [-0.2, 0) is 6.54 Å². The van der Waals surface area contributed by atoms with Crippen LogP contribution in [0, 0.1) is 0 Å². The van der Waals surface area contributed by atoms with Gasteiger partial charge in [0.2, 0.25) is 5.88 Å². The number of aliphatic imine (C=N–C) groups is 1. The van der Waals surface area contributed by atoms with Crippen molar-refractivity contribution in [2.24, 2.45) is 4.99 Å². The molecule has 0 bridgehead atoms. The number of ether oxygens (including phenoxy) is 1. The van der Waals surface area contributed by atoms with E-state index in [-0.39, 0.29) is 30.1 Å². The molecule has 6 nitrogen and oxygen atoms in total. The zero-order valence-electron chi connectivity index (χ0n) is 15.8. The van der Waals surface area contributed by atoms with E-state index in [2.05, 4.69) is 49.4 Å². The minimum atomic E-state index is 0. The molecule has 2 aromatic heterocycles. The number of nitrogens with one attached hydrogen (secondary N) is 1. The van der Waals surface area contributed by atoms with Gasteiger partial charge >= 0.3 is 0 Å². The number of fused-ring (bicyclic) bond motifs is 1. The van der Waals surface area contributed by atoms with Crippen LogP contribution in [0.15, 0.2) is 65.9 Å². The van der Waals surface area contributed by atoms with Crippen molar-refractivity contribution in [3.63, 3.8) is 0 Å². The fourth-order valence-corrected chi connectivity index (χ4v) is 3.42. The Balaban J connectivity index is 0.00000225. The van der Waals surface area contributed by atoms with Gasteiger partial charge in [0, 0.05) is 50.4 Å². The number of hydrogen-bond acceptors (Lipinski definition) is 4. The predicted molar refractivity (Wildman–Crippen MR) is 122 cm³/mol. The van der Waals surface area contributed by atoms with E-state index in [1.54, 1.807) is 6.20 Å². The summed E-state index contributed by atoms with van der Waals surface area (Å²) in [7, 11) is 1.82. The SMILES string of the molecule is CN=C(NCc1cccc2cccnc12)N1CCC(Oc2ccccn2)C1.I. The number of halogens is 1. The molecule has 0 aliphatic carbocycles. The number of aromatic nitrogens is 2. The van der Waals surface area contributed by atoms with Crippen LogP contribution in [0.2, 0.25) is 0 Å². The normalized spacial score (nSPS) is 16.7. The first kappa shape index (κ1) is 20.3. The lowest BCUT2D eigenvalue weighted by Gasteiger charge is -2.22. The van der Waals surface area contributed by atoms with Gasteiger partial charge < -0.3 is 15.0 Å². The second-order valence-corrected chi connectivity index (χ2v) is 6.54. The van der Waals surface area contributed by atoms with Crippen LogP contribution in [0.5, 0.6) is 5.88 Å². The Kier molecular flexibility index (Phi) is 7.02. The number of rotatable bonds is 4. The summed E-state index contributed by atoms with van der Waals surface area (Å²) in [4.78, 5) is 15.4. The Morgan fingerprint density at radius 2 is 2.00 bits per heavy atom. The molecular formula is C21H24IN5O. The van der Waals surface area contributed by atoms with Crippen molar-refractivity contribution in [2.75, 3.05) is 20.1 Å². The lowest BCUT2D eigenvalue weighted by molar-refractivity contribution is 0.205. The fraction of sp³-hybridized carbons (Fsp3) is 0.286. The van der Waals surface area contributed by atoms with Gasteiger partial charge in [-0.2, -0.15) is 0 Å². The zero-order valence-corrected chi connectivity index (χ0v) is 18.1. The smallest absolute Gasteiger partial charge is 0.213 e. The number of benzene rings is 1. The first-order valence-corrected chi connectivity index (χ1v) is 9.19. The van der Waals surface area contributed by atoms with E-state index in [4.69, 9.17) is 4.74 Å². The van der Waals surface area contributed by atoms with E-state index in [1.807, 2.05) is 37.5 Å². The number of likely N-dealkylation sites (tertiary alicyclic amines) is 1. The molecule has 0 amide bonds. The van der Waals surface area contributed by atoms with Crippen LogP contribution < -0.4 is 10.1 Å². The quantitative estimate of drug-likeness (QED) is 0.346. The Bertz CT molecular complexity index is 929. The molecule has 4 rings (SSSR count). The molecular weight excluding hydrogens is 465 g/mol. The Hall–Kier alpha value is -2.42. The van der Waals surface area contributed by atoms with Crippen LogP contribution >= 0.6 is 24.0 Å². The second kappa shape index (κ2) is 9.68. The van der Waals surface area contributed by atoms with Crippen molar-refractivity contribution in [3.05, 3.63) is 66.5 Å². The maximum Gasteiger partial charge on any atom is 0.213 e. The Labute approximate surface area is 182 Å². The molecule has 1 fully saturated rings. The molecule has 0 radical (unpaired) electrons. The van der Waals surface area contributed by atoms with Crippen molar-refractivity contribution in [3.8, 4) is 5.88 Å². The summed E-state index contributed by atoms with van der Waals surface area (Å²) in [6.07, 6.45) is 4.66. The van der Waals surface area contributed by atoms with Crippen LogP contribution in [0.3, 0.4) is 0 Å². The van der Waals surface area contributed by atoms with E-state index < -0.39 is 0 Å². The third-order valence-electron chi connectivity index (χ3n) is 4.73. The van der Waals surface area contributed by atoms with Crippen LogP contribution in [0.25, 0.3) is 10.9 Å². The Morgan fingerprint density at radius 1 is 1.14 bits per heavy atom. The lowest BCUT2D eigenvalue weighted by atomic mass is 10.1. The van der Waals surface area contributed by atoms with Crippen LogP contribution in [0.1, 0.15) is 12.0 Å². The molecule has 1 aliphatic heterocycles. The van der Waals surface area contributed by atoms with E-state index in [1.165, 1.54) is 0 Å². The molecule has 1 aromatic carbocycles. The first-order chi connectivity index (χ1) is 13.3. The van der Waals surface area contributed by atoms with Crippen molar-refractivity contribution in [2.45, 2.75) is 19.1 Å². The van der Waals surface area contributed by atoms with Crippen molar-refractivity contribution in [1.82, 2.24) is 20.2 Å². The van der Waals surface area contributed by atoms with Gasteiger partial charge in [-0.25, -0.2) is 4.98 Å². The third-order valence-corrected chi connectivity index (χ3v) is 4.73. The third kappa shape index (κ3) is 4.70. The average molecular weight is 489 g/mol. The minimum absolute atomic E-state index is 0. The molecule has 3 aromatic rings. The number of para-hydroxylation sites is 1. The molecule has 7 heteroatoms. The highest BCUT2D eigenvalue weighted by Crippen LogP contribution is 2.18. The molecule has 1 aliphatic rings. The fourth-order valence-electron chi connectivity index (χ4n) is 3.42. The van der Waals surface area contributed by atoms with Crippen molar-refractivity contribution >= 4 is 40.8 Å². The largest absolute Gasteiger partial charge is 0.472 e. The van der Waals surface area contributed by atoms with Crippen molar-refractivity contribution in [1.29, 1.82) is 0 Å². The summed E-state index contributed by atoms with van der Waals surface area (Å²) in [5, 5.41) is 4.62. The second-order valence-electron chi connectivity index (χ2n) is 6.54. The molecule has 1 atom stereocenters. The van der Waals surface area contributed by atoms with Gasteiger partial charge in [-0.1, -0.05) is 30.3 Å². The monoisotopic (exact) mass is 489 g/mol. The van der Waals surface area contributed by atoms with Crippen LogP contribution in [-0.4, -0.2) is 47.1 Å². The first-order valence-electron chi connectivity index (χ1n) is 9.19. The molecule has 146 valence electrons. The van der Waals surface area contributed by atoms with E-state index in [0.29, 0.717) is 12.4 Å². The maximum atomic E-state index is 5.98. The topological polar surface area (TPSA) is 62.6 Å². The van der Waals surface area contributed by atoms with E-state index >= 15 is 0 Å². The zero-order chi connectivity index (χ0) is 18.5. The average Bonchev–Trinajstić information content (AvgIpc) is 3.17. The van der Waals surface area contributed by atoms with Crippen LogP contribution in [0.4, 0.5) is 0 Å². The molecule has 1 saturated heterocycles. The Morgan fingerprint density at radius 3 is 2.82 bits per heavy atom. The van der Waals surface area contributed by atoms with Gasteiger partial charge in [-0.15, -0.1) is 24.0 Å². The summed E-state index contributed by atoms with van der Waals surface area (Å²) < 4.78 is 5.98. The van der Waals surface area contributed by atoms with Gasteiger partial charge in [0.1, 0.15) is 6.10 Å². The van der Waals surface area contributed by atoms with Crippen molar-refractivity contribution < 1.29 is 4.74 Å². The predicted octanol–water partition coefficient (Wildman–Crippen LogP) is 3.48. The summed E-state index contributed by atoms with van der Waals surface area (Å²) in [5.74, 6) is 1.56. The van der Waals surface area contributed by atoms with E-state index in [9.17, 15) is 0 Å². The van der Waals surface area contributed by atoms with Gasteiger partial charge in [-0.05, 0) is 17.7 Å². The molecule has 1 unspecified atom stereocenters. The number of hydrogen-bond donors (Lipinski definition) is 1. The summed E-state index contributed by atoms with van der Waals surface area (Å²) in [5.41, 5.74) is 2.19. The summed E-state index contributed by atoms with van der Waals surface area (Å²) in [6.45, 7) is 2.39. The molecule has 0 spiro atoms.